The van der Waals surface area contributed by atoms with Gasteiger partial charge in [-0.2, -0.15) is 0 Å². The number of nitrogens with zero attached hydrogens (tertiary/aromatic N) is 1. The van der Waals surface area contributed by atoms with E-state index in [1.165, 1.54) is 0 Å². The van der Waals surface area contributed by atoms with Gasteiger partial charge in [0.05, 0.1) is 5.69 Å². The van der Waals surface area contributed by atoms with Crippen LogP contribution in [-0.2, 0) is 0 Å². The highest BCUT2D eigenvalue weighted by Gasteiger charge is 2.23. The Morgan fingerprint density at radius 2 is 1.61 bits per heavy atom. The van der Waals surface area contributed by atoms with Gasteiger partial charge in [0.15, 0.2) is 23.3 Å². The average molecular weight is 333 g/mol. The number of halogens is 4. The Balaban J connectivity index is 2.98. The van der Waals surface area contributed by atoms with Gasteiger partial charge in [-0.25, -0.2) is 17.6 Å². The van der Waals surface area contributed by atoms with Crippen molar-refractivity contribution in [2.24, 2.45) is 5.92 Å². The monoisotopic (exact) mass is 333 g/mol. The summed E-state index contributed by atoms with van der Waals surface area (Å²) in [5.41, 5.74) is -0.180. The highest BCUT2D eigenvalue weighted by atomic mass is 19.2. The fourth-order valence-electron chi connectivity index (χ4n) is 2.79. The Morgan fingerprint density at radius 1 is 0.913 bits per heavy atom. The lowest BCUT2D eigenvalue weighted by Crippen LogP contribution is -2.31. The van der Waals surface area contributed by atoms with Crippen molar-refractivity contribution in [1.29, 1.82) is 0 Å². The zero-order chi connectivity index (χ0) is 17.4. The average Bonchev–Trinajstić information content (AvgIpc) is 2.52. The normalized spacial score (nSPS) is 12.5. The number of hydrogen-bond donors (Lipinski definition) is 0. The number of benzene rings is 1. The van der Waals surface area contributed by atoms with Crippen LogP contribution in [0.5, 0.6) is 0 Å². The summed E-state index contributed by atoms with van der Waals surface area (Å²) in [6, 6.07) is 0.770. The number of anilines is 1. The van der Waals surface area contributed by atoms with Crippen LogP contribution in [-0.4, -0.2) is 13.1 Å². The summed E-state index contributed by atoms with van der Waals surface area (Å²) in [5.74, 6) is -5.87. The van der Waals surface area contributed by atoms with Gasteiger partial charge in [-0.15, -0.1) is 0 Å². The van der Waals surface area contributed by atoms with E-state index in [0.717, 1.165) is 44.6 Å². The molecule has 5 heteroatoms. The predicted octanol–water partition coefficient (Wildman–Crippen LogP) is 6.07. The molecule has 1 aromatic rings. The van der Waals surface area contributed by atoms with E-state index in [-0.39, 0.29) is 11.6 Å². The van der Waals surface area contributed by atoms with E-state index in [1.54, 1.807) is 4.90 Å². The van der Waals surface area contributed by atoms with Crippen LogP contribution in [0.1, 0.15) is 59.3 Å². The molecule has 0 saturated carbocycles. The van der Waals surface area contributed by atoms with Gasteiger partial charge < -0.3 is 4.90 Å². The van der Waals surface area contributed by atoms with E-state index in [4.69, 9.17) is 0 Å². The molecule has 0 radical (unpaired) electrons. The fourth-order valence-corrected chi connectivity index (χ4v) is 2.79. The van der Waals surface area contributed by atoms with E-state index in [1.807, 2.05) is 6.92 Å². The van der Waals surface area contributed by atoms with Crippen molar-refractivity contribution in [2.75, 3.05) is 18.0 Å². The summed E-state index contributed by atoms with van der Waals surface area (Å²) in [7, 11) is 0. The zero-order valence-corrected chi connectivity index (χ0v) is 14.3. The van der Waals surface area contributed by atoms with Gasteiger partial charge in [-0.3, -0.25) is 0 Å². The maximum absolute atomic E-state index is 14.1. The zero-order valence-electron chi connectivity index (χ0n) is 14.3. The van der Waals surface area contributed by atoms with Crippen LogP contribution in [0.2, 0.25) is 0 Å². The summed E-state index contributed by atoms with van der Waals surface area (Å²) in [5, 5.41) is 0. The molecule has 0 amide bonds. The molecule has 0 spiro atoms. The second-order valence-electron chi connectivity index (χ2n) is 6.22. The molecule has 1 nitrogen and oxygen atoms in total. The van der Waals surface area contributed by atoms with Crippen LogP contribution in [0.4, 0.5) is 23.2 Å². The van der Waals surface area contributed by atoms with Crippen molar-refractivity contribution in [3.8, 4) is 0 Å². The fraction of sp³-hybridized carbons (Fsp3) is 0.667. The van der Waals surface area contributed by atoms with Crippen molar-refractivity contribution in [1.82, 2.24) is 0 Å². The predicted molar refractivity (Wildman–Crippen MR) is 86.7 cm³/mol. The van der Waals surface area contributed by atoms with Crippen LogP contribution in [0.3, 0.4) is 0 Å². The molecule has 0 fully saturated rings. The maximum atomic E-state index is 14.1. The lowest BCUT2D eigenvalue weighted by Gasteiger charge is -2.28. The Labute approximate surface area is 136 Å². The SMILES string of the molecule is CCCCCCN(CC(C)CCC)c1cc(F)c(F)c(F)c1F. The van der Waals surface area contributed by atoms with E-state index in [2.05, 4.69) is 13.8 Å². The van der Waals surface area contributed by atoms with Gasteiger partial charge in [0, 0.05) is 19.2 Å². The molecule has 0 aliphatic carbocycles. The van der Waals surface area contributed by atoms with Crippen molar-refractivity contribution < 1.29 is 17.6 Å². The number of hydrogen-bond acceptors (Lipinski definition) is 1. The standard InChI is InChI=1S/C18H27F4N/c1-4-6-7-8-10-23(12-13(3)9-5-2)15-11-14(19)16(20)18(22)17(15)21/h11,13H,4-10,12H2,1-3H3. The molecule has 1 aromatic carbocycles. The van der Waals surface area contributed by atoms with Crippen LogP contribution in [0.15, 0.2) is 6.07 Å². The maximum Gasteiger partial charge on any atom is 0.199 e. The number of unbranched alkanes of at least 4 members (excludes halogenated alkanes) is 3. The van der Waals surface area contributed by atoms with Gasteiger partial charge in [-0.1, -0.05) is 46.5 Å². The van der Waals surface area contributed by atoms with Gasteiger partial charge in [-0.05, 0) is 18.8 Å². The molecule has 1 atom stereocenters. The van der Waals surface area contributed by atoms with Gasteiger partial charge in [0.25, 0.3) is 0 Å². The molecule has 0 aliphatic heterocycles. The van der Waals surface area contributed by atoms with Gasteiger partial charge in [0.1, 0.15) is 0 Å². The van der Waals surface area contributed by atoms with E-state index < -0.39 is 23.3 Å². The lowest BCUT2D eigenvalue weighted by molar-refractivity contribution is 0.406. The Hall–Kier alpha value is -1.26. The third kappa shape index (κ3) is 5.70. The summed E-state index contributed by atoms with van der Waals surface area (Å²) >= 11 is 0. The van der Waals surface area contributed by atoms with Crippen LogP contribution in [0, 0.1) is 29.2 Å². The first kappa shape index (κ1) is 19.8. The Bertz CT molecular complexity index is 490. The molecule has 1 unspecified atom stereocenters. The summed E-state index contributed by atoms with van der Waals surface area (Å²) in [4.78, 5) is 1.65. The first-order valence-corrected chi connectivity index (χ1v) is 8.50. The van der Waals surface area contributed by atoms with Gasteiger partial charge >= 0.3 is 0 Å². The molecule has 0 bridgehead atoms. The molecule has 0 aromatic heterocycles. The number of rotatable bonds is 10. The first-order chi connectivity index (χ1) is 10.9. The third-order valence-corrected chi connectivity index (χ3v) is 4.02. The molecule has 0 aliphatic rings. The van der Waals surface area contributed by atoms with Crippen molar-refractivity contribution >= 4 is 5.69 Å². The topological polar surface area (TPSA) is 3.24 Å². The van der Waals surface area contributed by atoms with Gasteiger partial charge in [0.2, 0.25) is 0 Å². The van der Waals surface area contributed by atoms with Crippen molar-refractivity contribution in [3.63, 3.8) is 0 Å². The first-order valence-electron chi connectivity index (χ1n) is 8.50. The molecule has 0 N–H and O–H groups in total. The quantitative estimate of drug-likeness (QED) is 0.217. The molecule has 1 rings (SSSR count). The summed E-state index contributed by atoms with van der Waals surface area (Å²) < 4.78 is 54.3. The highest BCUT2D eigenvalue weighted by Crippen LogP contribution is 2.27. The third-order valence-electron chi connectivity index (χ3n) is 4.02. The van der Waals surface area contributed by atoms with Crippen molar-refractivity contribution in [2.45, 2.75) is 59.3 Å². The lowest BCUT2D eigenvalue weighted by atomic mass is 10.0. The largest absolute Gasteiger partial charge is 0.369 e. The minimum Gasteiger partial charge on any atom is -0.369 e. The molecule has 0 saturated heterocycles. The second-order valence-corrected chi connectivity index (χ2v) is 6.22. The Morgan fingerprint density at radius 3 is 2.22 bits per heavy atom. The second kappa shape index (κ2) is 9.78. The Kier molecular flexibility index (Phi) is 8.42. The van der Waals surface area contributed by atoms with Crippen LogP contribution >= 0.6 is 0 Å². The van der Waals surface area contributed by atoms with E-state index >= 15 is 0 Å². The van der Waals surface area contributed by atoms with E-state index in [9.17, 15) is 17.6 Å². The summed E-state index contributed by atoms with van der Waals surface area (Å²) in [6.45, 7) is 7.18. The minimum atomic E-state index is -1.75. The smallest absolute Gasteiger partial charge is 0.199 e. The van der Waals surface area contributed by atoms with E-state index in [0.29, 0.717) is 13.1 Å². The molecular weight excluding hydrogens is 306 g/mol. The molecule has 0 heterocycles. The molecule has 23 heavy (non-hydrogen) atoms. The van der Waals surface area contributed by atoms with Crippen LogP contribution in [0.25, 0.3) is 0 Å². The molecular formula is C18H27F4N. The highest BCUT2D eigenvalue weighted by molar-refractivity contribution is 5.49. The van der Waals surface area contributed by atoms with Crippen LogP contribution < -0.4 is 4.90 Å². The minimum absolute atomic E-state index is 0.180. The summed E-state index contributed by atoms with van der Waals surface area (Å²) in [6.07, 6.45) is 5.85. The van der Waals surface area contributed by atoms with Crippen molar-refractivity contribution in [3.05, 3.63) is 29.3 Å². The molecule has 132 valence electrons.